The summed E-state index contributed by atoms with van der Waals surface area (Å²) in [6, 6.07) is 5.50. The molecule has 11 heteroatoms. The van der Waals surface area contributed by atoms with Crippen LogP contribution in [0.5, 0.6) is 23.0 Å². The molecule has 2 heterocycles. The van der Waals surface area contributed by atoms with Crippen LogP contribution in [0.1, 0.15) is 25.5 Å². The van der Waals surface area contributed by atoms with Crippen LogP contribution >= 0.6 is 0 Å². The molecular formula is C21H21F3N2O6. The molecule has 0 fully saturated rings. The lowest BCUT2D eigenvalue weighted by Crippen LogP contribution is -2.52. The number of fused-ring (bicyclic) bond motifs is 2. The largest absolute Gasteiger partial charge is 0.573 e. The highest BCUT2D eigenvalue weighted by Gasteiger charge is 2.45. The summed E-state index contributed by atoms with van der Waals surface area (Å²) < 4.78 is 59.7. The summed E-state index contributed by atoms with van der Waals surface area (Å²) in [7, 11) is 2.88. The number of H-pyrrole nitrogens is 1. The normalized spacial score (nSPS) is 19.9. The monoisotopic (exact) mass is 454 g/mol. The van der Waals surface area contributed by atoms with Crippen LogP contribution in [0.3, 0.4) is 0 Å². The Morgan fingerprint density at radius 2 is 1.78 bits per heavy atom. The van der Waals surface area contributed by atoms with Crippen molar-refractivity contribution in [1.82, 2.24) is 9.78 Å². The number of alkyl halides is 3. The highest BCUT2D eigenvalue weighted by atomic mass is 19.4. The fraction of sp³-hybridized carbons (Fsp3) is 0.381. The zero-order valence-electron chi connectivity index (χ0n) is 17.6. The molecule has 0 bridgehead atoms. The molecule has 32 heavy (non-hydrogen) atoms. The van der Waals surface area contributed by atoms with Crippen molar-refractivity contribution >= 4 is 10.9 Å². The molecule has 0 aliphatic carbocycles. The molecule has 2 aromatic carbocycles. The Bertz CT molecular complexity index is 1230. The summed E-state index contributed by atoms with van der Waals surface area (Å²) in [6.07, 6.45) is -6.19. The molecule has 1 aliphatic rings. The van der Waals surface area contributed by atoms with E-state index in [-0.39, 0.29) is 16.7 Å². The summed E-state index contributed by atoms with van der Waals surface area (Å²) in [4.78, 5) is 13.2. The Kier molecular flexibility index (Phi) is 5.04. The molecule has 0 saturated heterocycles. The van der Waals surface area contributed by atoms with Crippen molar-refractivity contribution in [2.24, 2.45) is 0 Å². The van der Waals surface area contributed by atoms with Gasteiger partial charge >= 0.3 is 6.36 Å². The van der Waals surface area contributed by atoms with Gasteiger partial charge < -0.3 is 24.1 Å². The molecule has 4 rings (SSSR count). The van der Waals surface area contributed by atoms with Gasteiger partial charge in [-0.3, -0.25) is 9.89 Å². The van der Waals surface area contributed by atoms with Gasteiger partial charge in [0.05, 0.1) is 25.1 Å². The van der Waals surface area contributed by atoms with Gasteiger partial charge in [0.2, 0.25) is 0 Å². The first-order chi connectivity index (χ1) is 14.9. The highest BCUT2D eigenvalue weighted by Crippen LogP contribution is 2.43. The van der Waals surface area contributed by atoms with E-state index < -0.39 is 35.4 Å². The summed E-state index contributed by atoms with van der Waals surface area (Å²) in [6.45, 7) is 3.24. The zero-order chi connectivity index (χ0) is 23.4. The minimum Gasteiger partial charge on any atom is -0.493 e. The molecule has 2 atom stereocenters. The topological polar surface area (TPSA) is 94.9 Å². The molecule has 8 nitrogen and oxygen atoms in total. The van der Waals surface area contributed by atoms with E-state index in [1.54, 1.807) is 19.9 Å². The molecule has 0 radical (unpaired) electrons. The number of aliphatic hydroxyl groups is 1. The van der Waals surface area contributed by atoms with Crippen molar-refractivity contribution in [3.8, 4) is 23.0 Å². The average Bonchev–Trinajstić information content (AvgIpc) is 3.02. The summed E-state index contributed by atoms with van der Waals surface area (Å²) in [5.74, 6) is 0.435. The number of methoxy groups -OCH3 is 2. The van der Waals surface area contributed by atoms with Crippen molar-refractivity contribution in [3.05, 3.63) is 46.2 Å². The van der Waals surface area contributed by atoms with Crippen LogP contribution in [-0.4, -0.2) is 47.2 Å². The molecule has 1 aromatic heterocycles. The predicted molar refractivity (Wildman–Crippen MR) is 108 cm³/mol. The van der Waals surface area contributed by atoms with Crippen molar-refractivity contribution in [3.63, 3.8) is 0 Å². The Labute approximate surface area is 180 Å². The number of halogens is 3. The number of rotatable bonds is 4. The molecular weight excluding hydrogens is 433 g/mol. The SMILES string of the molecule is COc1cc2[nH]n(C3c4cc(OC(F)(F)F)ccc4OC(C)(C)C3O)c(=O)c2cc1OC. The van der Waals surface area contributed by atoms with Crippen LogP contribution in [0.4, 0.5) is 13.2 Å². The first-order valence-electron chi connectivity index (χ1n) is 9.58. The van der Waals surface area contributed by atoms with E-state index in [9.17, 15) is 23.1 Å². The number of nitrogens with one attached hydrogen (secondary N) is 1. The standard InChI is InChI=1S/C21H21F3N2O6/c1-20(2)18(27)17(12-7-10(31-21(22,23)24)5-6-14(12)32-20)26-19(28)11-8-15(29-3)16(30-4)9-13(11)25-26/h5-9,17-18,25,27H,1-4H3. The number of nitrogens with zero attached hydrogens (tertiary/aromatic N) is 1. The van der Waals surface area contributed by atoms with E-state index >= 15 is 0 Å². The lowest BCUT2D eigenvalue weighted by molar-refractivity contribution is -0.274. The molecule has 0 amide bonds. The minimum atomic E-state index is -4.90. The van der Waals surface area contributed by atoms with Crippen LogP contribution in [0, 0.1) is 0 Å². The van der Waals surface area contributed by atoms with Gasteiger partial charge in [-0.05, 0) is 38.1 Å². The third kappa shape index (κ3) is 3.62. The number of aromatic amines is 1. The van der Waals surface area contributed by atoms with Gasteiger partial charge in [0.25, 0.3) is 5.56 Å². The predicted octanol–water partition coefficient (Wildman–Crippen LogP) is 3.37. The average molecular weight is 454 g/mol. The summed E-state index contributed by atoms with van der Waals surface area (Å²) in [5.41, 5.74) is -1.09. The number of aromatic nitrogens is 2. The van der Waals surface area contributed by atoms with E-state index in [0.29, 0.717) is 17.0 Å². The maximum atomic E-state index is 13.2. The molecule has 172 valence electrons. The molecule has 2 unspecified atom stereocenters. The maximum Gasteiger partial charge on any atom is 0.573 e. The number of benzene rings is 2. The molecule has 0 saturated carbocycles. The van der Waals surface area contributed by atoms with Crippen molar-refractivity contribution in [2.45, 2.75) is 38.0 Å². The second-order valence-corrected chi connectivity index (χ2v) is 7.88. The zero-order valence-corrected chi connectivity index (χ0v) is 17.6. The summed E-state index contributed by atoms with van der Waals surface area (Å²) >= 11 is 0. The van der Waals surface area contributed by atoms with E-state index in [2.05, 4.69) is 9.84 Å². The van der Waals surface area contributed by atoms with Crippen molar-refractivity contribution in [2.75, 3.05) is 14.2 Å². The molecule has 0 spiro atoms. The van der Waals surface area contributed by atoms with Crippen LogP contribution in [0.15, 0.2) is 35.1 Å². The first-order valence-corrected chi connectivity index (χ1v) is 9.58. The van der Waals surface area contributed by atoms with Crippen molar-refractivity contribution < 1.29 is 37.2 Å². The smallest absolute Gasteiger partial charge is 0.493 e. The van der Waals surface area contributed by atoms with Crippen LogP contribution in [0.2, 0.25) is 0 Å². The quantitative estimate of drug-likeness (QED) is 0.628. The number of hydrogen-bond donors (Lipinski definition) is 2. The first kappa shape index (κ1) is 21.9. The number of ether oxygens (including phenoxy) is 4. The number of hydrogen-bond acceptors (Lipinski definition) is 6. The highest BCUT2D eigenvalue weighted by molar-refractivity contribution is 5.82. The molecule has 2 N–H and O–H groups in total. The molecule has 1 aliphatic heterocycles. The summed E-state index contributed by atoms with van der Waals surface area (Å²) in [5, 5.41) is 14.2. The van der Waals surface area contributed by atoms with Crippen molar-refractivity contribution in [1.29, 1.82) is 0 Å². The lowest BCUT2D eigenvalue weighted by atomic mass is 9.86. The van der Waals surface area contributed by atoms with Gasteiger partial charge in [-0.1, -0.05) is 0 Å². The second-order valence-electron chi connectivity index (χ2n) is 7.88. The third-order valence-corrected chi connectivity index (χ3v) is 5.41. The maximum absolute atomic E-state index is 13.2. The second kappa shape index (κ2) is 7.37. The van der Waals surface area contributed by atoms with Gasteiger partial charge in [-0.25, -0.2) is 4.68 Å². The van der Waals surface area contributed by atoms with E-state index in [1.807, 2.05) is 0 Å². The van der Waals surface area contributed by atoms with Crippen LogP contribution in [-0.2, 0) is 0 Å². The van der Waals surface area contributed by atoms with Gasteiger partial charge in [-0.2, -0.15) is 0 Å². The van der Waals surface area contributed by atoms with Crippen LogP contribution in [0.25, 0.3) is 10.9 Å². The Morgan fingerprint density at radius 3 is 2.41 bits per heavy atom. The fourth-order valence-corrected chi connectivity index (χ4v) is 3.88. The molecule has 3 aromatic rings. The lowest BCUT2D eigenvalue weighted by Gasteiger charge is -2.42. The fourth-order valence-electron chi connectivity index (χ4n) is 3.88. The number of aliphatic hydroxyl groups excluding tert-OH is 1. The van der Waals surface area contributed by atoms with Gasteiger partial charge in [0.15, 0.2) is 11.5 Å². The van der Waals surface area contributed by atoms with E-state index in [0.717, 1.165) is 16.8 Å². The Morgan fingerprint density at radius 1 is 1.12 bits per heavy atom. The minimum absolute atomic E-state index is 0.158. The van der Waals surface area contributed by atoms with Gasteiger partial charge in [0.1, 0.15) is 29.2 Å². The van der Waals surface area contributed by atoms with Gasteiger partial charge in [0, 0.05) is 11.6 Å². The third-order valence-electron chi connectivity index (χ3n) is 5.41. The van der Waals surface area contributed by atoms with Crippen LogP contribution < -0.4 is 24.5 Å². The van der Waals surface area contributed by atoms with Gasteiger partial charge in [-0.15, -0.1) is 13.2 Å². The van der Waals surface area contributed by atoms with E-state index in [1.165, 1.54) is 26.4 Å². The Balaban J connectivity index is 1.92. The van der Waals surface area contributed by atoms with E-state index in [4.69, 9.17) is 14.2 Å². The Hall–Kier alpha value is -3.34.